The Morgan fingerprint density at radius 2 is 1.79 bits per heavy atom. The molecule has 152 valence electrons. The molecule has 0 radical (unpaired) electrons. The van der Waals surface area contributed by atoms with E-state index in [2.05, 4.69) is 26.8 Å². The fourth-order valence-electron chi connectivity index (χ4n) is 4.05. The first-order valence-electron chi connectivity index (χ1n) is 10.4. The molecule has 1 unspecified atom stereocenters. The summed E-state index contributed by atoms with van der Waals surface area (Å²) < 4.78 is 1.90. The second-order valence-electron chi connectivity index (χ2n) is 8.36. The number of benzene rings is 2. The van der Waals surface area contributed by atoms with Gasteiger partial charge in [-0.2, -0.15) is 0 Å². The van der Waals surface area contributed by atoms with Crippen LogP contribution in [0.1, 0.15) is 48.4 Å². The van der Waals surface area contributed by atoms with Gasteiger partial charge in [0.05, 0.1) is 11.0 Å². The zero-order chi connectivity index (χ0) is 20.5. The Labute approximate surface area is 172 Å². The molecule has 3 aromatic rings. The van der Waals surface area contributed by atoms with E-state index in [1.54, 1.807) is 0 Å². The summed E-state index contributed by atoms with van der Waals surface area (Å²) in [7, 11) is 0. The van der Waals surface area contributed by atoms with E-state index in [4.69, 9.17) is 4.98 Å². The van der Waals surface area contributed by atoms with Gasteiger partial charge in [0.25, 0.3) is 0 Å². The zero-order valence-electron chi connectivity index (χ0n) is 17.4. The molecule has 5 nitrogen and oxygen atoms in total. The monoisotopic (exact) mass is 391 g/mol. The van der Waals surface area contributed by atoms with Gasteiger partial charge in [-0.1, -0.05) is 37.3 Å². The highest BCUT2D eigenvalue weighted by molar-refractivity contribution is 5.82. The maximum absolute atomic E-state index is 13.1. The summed E-state index contributed by atoms with van der Waals surface area (Å²) in [5.74, 6) is 1.29. The second kappa shape index (κ2) is 7.99. The minimum atomic E-state index is -0.876. The molecule has 0 saturated carbocycles. The maximum Gasteiger partial charge on any atom is 0.242 e. The van der Waals surface area contributed by atoms with E-state index in [1.165, 1.54) is 0 Å². The molecule has 1 amide bonds. The number of rotatable bonds is 4. The first kappa shape index (κ1) is 19.6. The largest absolute Gasteiger partial charge is 0.380 e. The molecule has 1 N–H and O–H groups in total. The number of nitrogens with zero attached hydrogens (tertiary/aromatic N) is 3. The first-order chi connectivity index (χ1) is 13.9. The SMILES string of the molecule is Cc1cc2nc(C(O)c3ccccc3)n(CC(=O)N3CCC(C)CC3)c2cc1C. The third-order valence-corrected chi connectivity index (χ3v) is 6.18. The molecule has 0 spiro atoms. The molecular weight excluding hydrogens is 362 g/mol. The predicted octanol–water partition coefficient (Wildman–Crippen LogP) is 3.99. The van der Waals surface area contributed by atoms with Gasteiger partial charge in [-0.25, -0.2) is 4.98 Å². The van der Waals surface area contributed by atoms with Gasteiger partial charge in [-0.3, -0.25) is 4.79 Å². The highest BCUT2D eigenvalue weighted by Gasteiger charge is 2.25. The molecule has 2 aromatic carbocycles. The van der Waals surface area contributed by atoms with Crippen LogP contribution in [-0.2, 0) is 11.3 Å². The third kappa shape index (κ3) is 3.92. The lowest BCUT2D eigenvalue weighted by molar-refractivity contribution is -0.133. The third-order valence-electron chi connectivity index (χ3n) is 6.18. The van der Waals surface area contributed by atoms with E-state index >= 15 is 0 Å². The Kier molecular flexibility index (Phi) is 5.41. The fourth-order valence-corrected chi connectivity index (χ4v) is 4.05. The van der Waals surface area contributed by atoms with Crippen molar-refractivity contribution in [1.29, 1.82) is 0 Å². The van der Waals surface area contributed by atoms with Crippen LogP contribution >= 0.6 is 0 Å². The number of likely N-dealkylation sites (tertiary alicyclic amines) is 1. The topological polar surface area (TPSA) is 58.4 Å². The summed E-state index contributed by atoms with van der Waals surface area (Å²) in [5.41, 5.74) is 4.80. The molecule has 29 heavy (non-hydrogen) atoms. The summed E-state index contributed by atoms with van der Waals surface area (Å²) in [6, 6.07) is 13.6. The van der Waals surface area contributed by atoms with E-state index < -0.39 is 6.10 Å². The number of carbonyl (C=O) groups excluding carboxylic acids is 1. The van der Waals surface area contributed by atoms with Gasteiger partial charge in [0, 0.05) is 13.1 Å². The number of aliphatic hydroxyl groups excluding tert-OH is 1. The van der Waals surface area contributed by atoms with E-state index in [0.717, 1.165) is 53.7 Å². The van der Waals surface area contributed by atoms with Crippen LogP contribution in [0.3, 0.4) is 0 Å². The van der Waals surface area contributed by atoms with Crippen LogP contribution in [0.2, 0.25) is 0 Å². The van der Waals surface area contributed by atoms with Crippen LogP contribution in [0, 0.1) is 19.8 Å². The Morgan fingerprint density at radius 3 is 2.48 bits per heavy atom. The molecule has 0 aliphatic carbocycles. The average Bonchev–Trinajstić information content (AvgIpc) is 3.06. The summed E-state index contributed by atoms with van der Waals surface area (Å²) in [6.07, 6.45) is 1.22. The number of aromatic nitrogens is 2. The molecular formula is C24H29N3O2. The van der Waals surface area contributed by atoms with Gasteiger partial charge >= 0.3 is 0 Å². The summed E-state index contributed by atoms with van der Waals surface area (Å²) >= 11 is 0. The van der Waals surface area contributed by atoms with Crippen molar-refractivity contribution in [2.24, 2.45) is 5.92 Å². The highest BCUT2D eigenvalue weighted by atomic mass is 16.3. The van der Waals surface area contributed by atoms with Gasteiger partial charge in [0.1, 0.15) is 18.5 Å². The van der Waals surface area contributed by atoms with E-state index in [9.17, 15) is 9.90 Å². The number of aliphatic hydroxyl groups is 1. The molecule has 5 heteroatoms. The lowest BCUT2D eigenvalue weighted by Crippen LogP contribution is -2.40. The Hall–Kier alpha value is -2.66. The number of hydrogen-bond donors (Lipinski definition) is 1. The van der Waals surface area contributed by atoms with E-state index in [-0.39, 0.29) is 12.5 Å². The number of amides is 1. The quantitative estimate of drug-likeness (QED) is 0.731. The Balaban J connectivity index is 1.73. The van der Waals surface area contributed by atoms with E-state index in [1.807, 2.05) is 45.9 Å². The smallest absolute Gasteiger partial charge is 0.242 e. The van der Waals surface area contributed by atoms with Crippen molar-refractivity contribution < 1.29 is 9.90 Å². The lowest BCUT2D eigenvalue weighted by atomic mass is 9.99. The Morgan fingerprint density at radius 1 is 1.14 bits per heavy atom. The van der Waals surface area contributed by atoms with Crippen molar-refractivity contribution >= 4 is 16.9 Å². The average molecular weight is 392 g/mol. The zero-order valence-corrected chi connectivity index (χ0v) is 17.4. The normalized spacial score (nSPS) is 16.3. The van der Waals surface area contributed by atoms with Gasteiger partial charge < -0.3 is 14.6 Å². The first-order valence-corrected chi connectivity index (χ1v) is 10.4. The number of aryl methyl sites for hydroxylation is 2. The summed E-state index contributed by atoms with van der Waals surface area (Å²) in [4.78, 5) is 19.8. The highest BCUT2D eigenvalue weighted by Crippen LogP contribution is 2.28. The number of imidazole rings is 1. The van der Waals surface area contributed by atoms with Crippen molar-refractivity contribution in [2.45, 2.75) is 46.3 Å². The number of carbonyl (C=O) groups is 1. The van der Waals surface area contributed by atoms with Gasteiger partial charge in [0.2, 0.25) is 5.91 Å². The van der Waals surface area contributed by atoms with Crippen LogP contribution in [0.25, 0.3) is 11.0 Å². The Bertz CT molecular complexity index is 1020. The van der Waals surface area contributed by atoms with Crippen molar-refractivity contribution in [2.75, 3.05) is 13.1 Å². The van der Waals surface area contributed by atoms with Gasteiger partial charge in [-0.15, -0.1) is 0 Å². The molecule has 1 saturated heterocycles. The van der Waals surface area contributed by atoms with Crippen molar-refractivity contribution in [3.8, 4) is 0 Å². The molecule has 1 fully saturated rings. The minimum Gasteiger partial charge on any atom is -0.380 e. The van der Waals surface area contributed by atoms with Crippen LogP contribution in [0.15, 0.2) is 42.5 Å². The fraction of sp³-hybridized carbons (Fsp3) is 0.417. The van der Waals surface area contributed by atoms with E-state index in [0.29, 0.717) is 11.7 Å². The number of fused-ring (bicyclic) bond motifs is 1. The van der Waals surface area contributed by atoms with Crippen molar-refractivity contribution in [3.05, 3.63) is 65.0 Å². The molecule has 4 rings (SSSR count). The molecule has 1 aliphatic heterocycles. The van der Waals surface area contributed by atoms with Gasteiger partial charge in [-0.05, 0) is 61.4 Å². The number of piperidine rings is 1. The maximum atomic E-state index is 13.1. The van der Waals surface area contributed by atoms with Crippen LogP contribution in [0.5, 0.6) is 0 Å². The molecule has 0 bridgehead atoms. The standard InChI is InChI=1S/C24H29N3O2/c1-16-9-11-26(12-10-16)22(28)15-27-21-14-18(3)17(2)13-20(21)25-24(27)23(29)19-7-5-4-6-8-19/h4-8,13-14,16,23,29H,9-12,15H2,1-3H3. The molecule has 1 aliphatic rings. The summed E-state index contributed by atoms with van der Waals surface area (Å²) in [6.45, 7) is 8.17. The van der Waals surface area contributed by atoms with Crippen LogP contribution in [-0.4, -0.2) is 38.6 Å². The molecule has 2 heterocycles. The van der Waals surface area contributed by atoms with Crippen molar-refractivity contribution in [1.82, 2.24) is 14.5 Å². The molecule has 1 aromatic heterocycles. The van der Waals surface area contributed by atoms with Crippen LogP contribution in [0.4, 0.5) is 0 Å². The number of hydrogen-bond acceptors (Lipinski definition) is 3. The second-order valence-corrected chi connectivity index (χ2v) is 8.36. The van der Waals surface area contributed by atoms with Crippen LogP contribution < -0.4 is 0 Å². The summed E-state index contributed by atoms with van der Waals surface area (Å²) in [5, 5.41) is 11.1. The molecule has 1 atom stereocenters. The lowest BCUT2D eigenvalue weighted by Gasteiger charge is -2.30. The van der Waals surface area contributed by atoms with Crippen molar-refractivity contribution in [3.63, 3.8) is 0 Å². The predicted molar refractivity (Wildman–Crippen MR) is 115 cm³/mol. The van der Waals surface area contributed by atoms with Gasteiger partial charge in [0.15, 0.2) is 0 Å². The minimum absolute atomic E-state index is 0.0935.